The fourth-order valence-electron chi connectivity index (χ4n) is 1.11. The van der Waals surface area contributed by atoms with Gasteiger partial charge in [0.15, 0.2) is 0 Å². The fourth-order valence-corrected chi connectivity index (χ4v) is 1.76. The second kappa shape index (κ2) is 7.35. The molecule has 1 amide bonds. The molecule has 0 aliphatic carbocycles. The smallest absolute Gasteiger partial charge is 0.315 e. The minimum Gasteiger partial charge on any atom is -0.468 e. The molecule has 0 heterocycles. The average molecular weight is 264 g/mol. The molecular formula is C12H12N2O3S. The lowest BCUT2D eigenvalue weighted by atomic mass is 10.2. The average Bonchev–Trinajstić information content (AvgIpc) is 2.39. The van der Waals surface area contributed by atoms with E-state index in [1.54, 1.807) is 24.3 Å². The molecule has 0 atom stereocenters. The van der Waals surface area contributed by atoms with Crippen molar-refractivity contribution in [2.75, 3.05) is 23.9 Å². The van der Waals surface area contributed by atoms with E-state index in [0.717, 1.165) is 0 Å². The maximum atomic E-state index is 11.5. The number of amides is 1. The zero-order valence-electron chi connectivity index (χ0n) is 9.80. The SMILES string of the molecule is COC(=O)CSCC(=O)Nc1ccc(C#N)cc1. The zero-order chi connectivity index (χ0) is 13.4. The number of esters is 1. The summed E-state index contributed by atoms with van der Waals surface area (Å²) in [5.74, 6) is -0.230. The van der Waals surface area contributed by atoms with E-state index in [4.69, 9.17) is 5.26 Å². The van der Waals surface area contributed by atoms with Gasteiger partial charge >= 0.3 is 5.97 Å². The first-order valence-electron chi connectivity index (χ1n) is 5.10. The highest BCUT2D eigenvalue weighted by Crippen LogP contribution is 2.09. The largest absolute Gasteiger partial charge is 0.468 e. The third-order valence-electron chi connectivity index (χ3n) is 1.98. The Morgan fingerprint density at radius 1 is 1.33 bits per heavy atom. The van der Waals surface area contributed by atoms with Crippen LogP contribution >= 0.6 is 11.8 Å². The van der Waals surface area contributed by atoms with E-state index in [-0.39, 0.29) is 23.4 Å². The first-order chi connectivity index (χ1) is 8.65. The number of methoxy groups -OCH3 is 1. The van der Waals surface area contributed by atoms with Crippen LogP contribution < -0.4 is 5.32 Å². The number of nitriles is 1. The van der Waals surface area contributed by atoms with Crippen molar-refractivity contribution < 1.29 is 14.3 Å². The maximum Gasteiger partial charge on any atom is 0.315 e. The van der Waals surface area contributed by atoms with E-state index in [9.17, 15) is 9.59 Å². The first-order valence-corrected chi connectivity index (χ1v) is 6.25. The molecule has 5 nitrogen and oxygen atoms in total. The molecule has 94 valence electrons. The Kier molecular flexibility index (Phi) is 5.74. The Hall–Kier alpha value is -2.00. The first kappa shape index (κ1) is 14.1. The number of thioether (sulfide) groups is 1. The Bertz CT molecular complexity index is 465. The summed E-state index contributed by atoms with van der Waals surface area (Å²) in [6, 6.07) is 8.55. The number of carbonyl (C=O) groups excluding carboxylic acids is 2. The van der Waals surface area contributed by atoms with Crippen LogP contribution in [0.5, 0.6) is 0 Å². The monoisotopic (exact) mass is 264 g/mol. The van der Waals surface area contributed by atoms with E-state index in [0.29, 0.717) is 11.3 Å². The van der Waals surface area contributed by atoms with Crippen LogP contribution in [0.3, 0.4) is 0 Å². The van der Waals surface area contributed by atoms with Crippen LogP contribution in [0.1, 0.15) is 5.56 Å². The molecule has 0 saturated heterocycles. The number of ether oxygens (including phenoxy) is 1. The zero-order valence-corrected chi connectivity index (χ0v) is 10.6. The molecule has 0 bridgehead atoms. The lowest BCUT2D eigenvalue weighted by molar-refractivity contribution is -0.137. The molecule has 0 saturated carbocycles. The van der Waals surface area contributed by atoms with Crippen LogP contribution in [0.4, 0.5) is 5.69 Å². The van der Waals surface area contributed by atoms with Crippen LogP contribution in [0.2, 0.25) is 0 Å². The van der Waals surface area contributed by atoms with Crippen molar-refractivity contribution in [2.24, 2.45) is 0 Å². The summed E-state index contributed by atoms with van der Waals surface area (Å²) in [6.07, 6.45) is 0. The molecule has 0 unspecified atom stereocenters. The molecule has 1 rings (SSSR count). The molecule has 0 aliphatic rings. The van der Waals surface area contributed by atoms with Crippen LogP contribution in [0.25, 0.3) is 0 Å². The highest BCUT2D eigenvalue weighted by molar-refractivity contribution is 8.00. The van der Waals surface area contributed by atoms with E-state index in [1.165, 1.54) is 18.9 Å². The molecule has 0 spiro atoms. The molecule has 0 fully saturated rings. The second-order valence-corrected chi connectivity index (χ2v) is 4.29. The van der Waals surface area contributed by atoms with Gasteiger partial charge in [0.1, 0.15) is 0 Å². The standard InChI is InChI=1S/C12H12N2O3S/c1-17-12(16)8-18-7-11(15)14-10-4-2-9(6-13)3-5-10/h2-5H,7-8H2,1H3,(H,14,15). The van der Waals surface area contributed by atoms with Crippen molar-refractivity contribution in [1.82, 2.24) is 0 Å². The van der Waals surface area contributed by atoms with Crippen LogP contribution in [0.15, 0.2) is 24.3 Å². The van der Waals surface area contributed by atoms with Crippen molar-refractivity contribution in [3.63, 3.8) is 0 Å². The normalized spacial score (nSPS) is 9.33. The molecule has 0 radical (unpaired) electrons. The summed E-state index contributed by atoms with van der Waals surface area (Å²) >= 11 is 1.18. The lowest BCUT2D eigenvalue weighted by Crippen LogP contribution is -2.15. The third kappa shape index (κ3) is 4.89. The summed E-state index contributed by atoms with van der Waals surface area (Å²) in [6.45, 7) is 0. The van der Waals surface area contributed by atoms with Gasteiger partial charge in [0.2, 0.25) is 5.91 Å². The van der Waals surface area contributed by atoms with Crippen molar-refractivity contribution in [1.29, 1.82) is 5.26 Å². The van der Waals surface area contributed by atoms with Gasteiger partial charge in [0.05, 0.1) is 30.2 Å². The van der Waals surface area contributed by atoms with E-state index < -0.39 is 0 Å². The molecule has 1 aromatic carbocycles. The predicted molar refractivity (Wildman–Crippen MR) is 69.1 cm³/mol. The topological polar surface area (TPSA) is 79.2 Å². The van der Waals surface area contributed by atoms with Gasteiger partial charge in [-0.25, -0.2) is 0 Å². The van der Waals surface area contributed by atoms with Crippen molar-refractivity contribution in [3.05, 3.63) is 29.8 Å². The van der Waals surface area contributed by atoms with Gasteiger partial charge in [0.25, 0.3) is 0 Å². The van der Waals surface area contributed by atoms with Gasteiger partial charge in [-0.2, -0.15) is 5.26 Å². The fraction of sp³-hybridized carbons (Fsp3) is 0.250. The summed E-state index contributed by atoms with van der Waals surface area (Å²) in [5.41, 5.74) is 1.16. The molecule has 1 aromatic rings. The highest BCUT2D eigenvalue weighted by atomic mass is 32.2. The molecule has 1 N–H and O–H groups in total. The number of benzene rings is 1. The number of hydrogen-bond acceptors (Lipinski definition) is 5. The Balaban J connectivity index is 2.35. The number of hydrogen-bond donors (Lipinski definition) is 1. The molecule has 0 aliphatic heterocycles. The van der Waals surface area contributed by atoms with E-state index in [2.05, 4.69) is 10.1 Å². The van der Waals surface area contributed by atoms with Crippen molar-refractivity contribution in [3.8, 4) is 6.07 Å². The minimum atomic E-state index is -0.355. The van der Waals surface area contributed by atoms with E-state index >= 15 is 0 Å². The number of rotatable bonds is 5. The predicted octanol–water partition coefficient (Wildman–Crippen LogP) is 1.40. The molecule has 18 heavy (non-hydrogen) atoms. The summed E-state index contributed by atoms with van der Waals surface area (Å²) in [4.78, 5) is 22.3. The lowest BCUT2D eigenvalue weighted by Gasteiger charge is -2.04. The van der Waals surface area contributed by atoms with Gasteiger partial charge in [-0.05, 0) is 24.3 Å². The van der Waals surface area contributed by atoms with Crippen LogP contribution in [-0.2, 0) is 14.3 Å². The van der Waals surface area contributed by atoms with Gasteiger partial charge in [-0.3, -0.25) is 9.59 Å². The summed E-state index contributed by atoms with van der Waals surface area (Å²) < 4.78 is 4.45. The Morgan fingerprint density at radius 2 is 2.00 bits per heavy atom. The Morgan fingerprint density at radius 3 is 2.56 bits per heavy atom. The molecule has 0 aromatic heterocycles. The van der Waals surface area contributed by atoms with Crippen molar-refractivity contribution >= 4 is 29.3 Å². The molecule has 6 heteroatoms. The van der Waals surface area contributed by atoms with Gasteiger partial charge in [-0.15, -0.1) is 11.8 Å². The van der Waals surface area contributed by atoms with Crippen LogP contribution in [-0.4, -0.2) is 30.5 Å². The highest BCUT2D eigenvalue weighted by Gasteiger charge is 2.05. The van der Waals surface area contributed by atoms with E-state index in [1.807, 2.05) is 6.07 Å². The summed E-state index contributed by atoms with van der Waals surface area (Å²) in [7, 11) is 1.31. The second-order valence-electron chi connectivity index (χ2n) is 3.31. The van der Waals surface area contributed by atoms with Crippen molar-refractivity contribution in [2.45, 2.75) is 0 Å². The number of nitrogens with one attached hydrogen (secondary N) is 1. The van der Waals surface area contributed by atoms with Gasteiger partial charge in [0, 0.05) is 5.69 Å². The quantitative estimate of drug-likeness (QED) is 0.813. The number of anilines is 1. The van der Waals surface area contributed by atoms with Gasteiger partial charge in [-0.1, -0.05) is 0 Å². The summed E-state index contributed by atoms with van der Waals surface area (Å²) in [5, 5.41) is 11.3. The van der Waals surface area contributed by atoms with Crippen LogP contribution in [0, 0.1) is 11.3 Å². The number of nitrogens with zero attached hydrogens (tertiary/aromatic N) is 1. The Labute approximate surface area is 109 Å². The molecular weight excluding hydrogens is 252 g/mol. The maximum absolute atomic E-state index is 11.5. The van der Waals surface area contributed by atoms with Gasteiger partial charge < -0.3 is 10.1 Å². The third-order valence-corrected chi connectivity index (χ3v) is 2.88. The number of carbonyl (C=O) groups is 2. The minimum absolute atomic E-state index is 0.150.